The summed E-state index contributed by atoms with van der Waals surface area (Å²) in [6, 6.07) is 6.70. The number of hydrogen-bond acceptors (Lipinski definition) is 4. The van der Waals surface area contributed by atoms with E-state index in [4.69, 9.17) is 4.98 Å². The minimum absolute atomic E-state index is 0.138. The Morgan fingerprint density at radius 1 is 1.21 bits per heavy atom. The highest BCUT2D eigenvalue weighted by molar-refractivity contribution is 7.18. The zero-order valence-corrected chi connectivity index (χ0v) is 12.7. The van der Waals surface area contributed by atoms with Crippen molar-refractivity contribution in [3.8, 4) is 0 Å². The summed E-state index contributed by atoms with van der Waals surface area (Å²) < 4.78 is 1.30. The van der Waals surface area contributed by atoms with Gasteiger partial charge in [0, 0.05) is 37.3 Å². The van der Waals surface area contributed by atoms with Crippen LogP contribution >= 0.6 is 11.3 Å². The summed E-state index contributed by atoms with van der Waals surface area (Å²) in [6.07, 6.45) is 0. The van der Waals surface area contributed by atoms with Gasteiger partial charge in [0.05, 0.1) is 15.2 Å². The predicted molar refractivity (Wildman–Crippen MR) is 83.4 cm³/mol. The number of nitrogens with one attached hydrogen (secondary N) is 1. The van der Waals surface area contributed by atoms with E-state index in [9.17, 15) is 0 Å². The fourth-order valence-electron chi connectivity index (χ4n) is 2.36. The molecular formula is C15H21N3S. The summed E-state index contributed by atoms with van der Waals surface area (Å²) in [5, 5.41) is 4.61. The molecule has 0 bridgehead atoms. The summed E-state index contributed by atoms with van der Waals surface area (Å²) >= 11 is 1.82. The largest absolute Gasteiger partial charge is 0.369 e. The molecule has 3 rings (SSSR count). The quantitative estimate of drug-likeness (QED) is 0.867. The highest BCUT2D eigenvalue weighted by Gasteiger charge is 2.19. The third-order valence-electron chi connectivity index (χ3n) is 3.49. The molecular weight excluding hydrogens is 254 g/mol. The molecule has 0 spiro atoms. The molecule has 102 valence electrons. The van der Waals surface area contributed by atoms with Crippen molar-refractivity contribution < 1.29 is 0 Å². The van der Waals surface area contributed by atoms with Crippen LogP contribution in [0.3, 0.4) is 0 Å². The van der Waals surface area contributed by atoms with E-state index in [1.165, 1.54) is 15.4 Å². The second kappa shape index (κ2) is 4.76. The summed E-state index contributed by atoms with van der Waals surface area (Å²) in [5.74, 6) is 0. The van der Waals surface area contributed by atoms with Crippen molar-refractivity contribution in [2.24, 2.45) is 0 Å². The highest BCUT2D eigenvalue weighted by Crippen LogP contribution is 2.32. The van der Waals surface area contributed by atoms with Crippen molar-refractivity contribution in [3.63, 3.8) is 0 Å². The molecule has 0 amide bonds. The van der Waals surface area contributed by atoms with Crippen LogP contribution in [0.2, 0.25) is 0 Å². The van der Waals surface area contributed by atoms with Gasteiger partial charge >= 0.3 is 0 Å². The van der Waals surface area contributed by atoms with Crippen LogP contribution in [0.5, 0.6) is 0 Å². The number of thiazole rings is 1. The molecule has 1 saturated heterocycles. The van der Waals surface area contributed by atoms with Gasteiger partial charge in [-0.1, -0.05) is 20.8 Å². The Balaban J connectivity index is 1.96. The number of piperazine rings is 1. The van der Waals surface area contributed by atoms with Gasteiger partial charge in [-0.05, 0) is 18.2 Å². The number of fused-ring (bicyclic) bond motifs is 1. The van der Waals surface area contributed by atoms with Crippen molar-refractivity contribution in [1.82, 2.24) is 10.3 Å². The van der Waals surface area contributed by atoms with Gasteiger partial charge in [-0.15, -0.1) is 11.3 Å². The van der Waals surface area contributed by atoms with Crippen LogP contribution in [0.4, 0.5) is 5.69 Å². The minimum Gasteiger partial charge on any atom is -0.369 e. The lowest BCUT2D eigenvalue weighted by Crippen LogP contribution is -2.43. The van der Waals surface area contributed by atoms with Gasteiger partial charge in [-0.3, -0.25) is 0 Å². The Labute approximate surface area is 118 Å². The topological polar surface area (TPSA) is 28.2 Å². The van der Waals surface area contributed by atoms with Gasteiger partial charge < -0.3 is 10.2 Å². The number of hydrogen-bond donors (Lipinski definition) is 1. The zero-order chi connectivity index (χ0) is 13.5. The van der Waals surface area contributed by atoms with Gasteiger partial charge in [0.15, 0.2) is 0 Å². The van der Waals surface area contributed by atoms with Crippen molar-refractivity contribution in [3.05, 3.63) is 23.2 Å². The second-order valence-electron chi connectivity index (χ2n) is 6.16. The second-order valence-corrected chi connectivity index (χ2v) is 7.19. The maximum atomic E-state index is 4.82. The summed E-state index contributed by atoms with van der Waals surface area (Å²) in [7, 11) is 0. The van der Waals surface area contributed by atoms with E-state index in [1.54, 1.807) is 0 Å². The molecule has 2 heterocycles. The average Bonchev–Trinajstić information content (AvgIpc) is 2.82. The molecule has 2 aromatic rings. The van der Waals surface area contributed by atoms with Crippen molar-refractivity contribution in [2.45, 2.75) is 26.2 Å². The molecule has 0 atom stereocenters. The molecule has 0 aliphatic carbocycles. The third-order valence-corrected chi connectivity index (χ3v) is 4.96. The minimum atomic E-state index is 0.138. The molecule has 3 nitrogen and oxygen atoms in total. The number of anilines is 1. The number of benzene rings is 1. The Bertz CT molecular complexity index is 577. The Kier molecular flexibility index (Phi) is 3.23. The fraction of sp³-hybridized carbons (Fsp3) is 0.533. The first-order chi connectivity index (χ1) is 9.04. The first-order valence-corrected chi connectivity index (χ1v) is 7.72. The van der Waals surface area contributed by atoms with E-state index in [2.05, 4.69) is 49.2 Å². The molecule has 1 N–H and O–H groups in total. The van der Waals surface area contributed by atoms with E-state index in [-0.39, 0.29) is 5.41 Å². The van der Waals surface area contributed by atoms with E-state index < -0.39 is 0 Å². The first-order valence-electron chi connectivity index (χ1n) is 6.91. The normalized spacial score (nSPS) is 17.1. The van der Waals surface area contributed by atoms with Gasteiger partial charge in [0.1, 0.15) is 0 Å². The van der Waals surface area contributed by atoms with Gasteiger partial charge in [0.25, 0.3) is 0 Å². The maximum Gasteiger partial charge on any atom is 0.0992 e. The smallest absolute Gasteiger partial charge is 0.0992 e. The third kappa shape index (κ3) is 2.60. The highest BCUT2D eigenvalue weighted by atomic mass is 32.1. The van der Waals surface area contributed by atoms with Crippen LogP contribution in [0, 0.1) is 0 Å². The maximum absolute atomic E-state index is 4.82. The van der Waals surface area contributed by atoms with Crippen LogP contribution in [0.1, 0.15) is 25.8 Å². The SMILES string of the molecule is CC(C)(C)c1nc2cc(N3CCNCC3)ccc2s1. The Hall–Kier alpha value is -1.13. The molecule has 1 aliphatic heterocycles. The zero-order valence-electron chi connectivity index (χ0n) is 11.9. The Morgan fingerprint density at radius 3 is 2.63 bits per heavy atom. The lowest BCUT2D eigenvalue weighted by Gasteiger charge is -2.29. The fourth-order valence-corrected chi connectivity index (χ4v) is 3.36. The summed E-state index contributed by atoms with van der Waals surface area (Å²) in [5.41, 5.74) is 2.59. The number of aromatic nitrogens is 1. The van der Waals surface area contributed by atoms with Gasteiger partial charge in [-0.25, -0.2) is 4.98 Å². The molecule has 1 aliphatic rings. The standard InChI is InChI=1S/C15H21N3S/c1-15(2,3)14-17-12-10-11(4-5-13(12)19-14)18-8-6-16-7-9-18/h4-5,10,16H,6-9H2,1-3H3. The summed E-state index contributed by atoms with van der Waals surface area (Å²) in [6.45, 7) is 11.0. The molecule has 1 aromatic heterocycles. The molecule has 1 aromatic carbocycles. The molecule has 0 unspecified atom stereocenters. The lowest BCUT2D eigenvalue weighted by atomic mass is 9.98. The van der Waals surface area contributed by atoms with Crippen LogP contribution in [0.25, 0.3) is 10.2 Å². The van der Waals surface area contributed by atoms with Crippen LogP contribution in [-0.4, -0.2) is 31.2 Å². The summed E-state index contributed by atoms with van der Waals surface area (Å²) in [4.78, 5) is 7.25. The first kappa shape index (κ1) is 12.9. The van der Waals surface area contributed by atoms with E-state index in [0.29, 0.717) is 0 Å². The Morgan fingerprint density at radius 2 is 1.95 bits per heavy atom. The van der Waals surface area contributed by atoms with Crippen LogP contribution in [-0.2, 0) is 5.41 Å². The number of nitrogens with zero attached hydrogens (tertiary/aromatic N) is 2. The van der Waals surface area contributed by atoms with Gasteiger partial charge in [0.2, 0.25) is 0 Å². The molecule has 4 heteroatoms. The molecule has 19 heavy (non-hydrogen) atoms. The monoisotopic (exact) mass is 275 g/mol. The van der Waals surface area contributed by atoms with Gasteiger partial charge in [-0.2, -0.15) is 0 Å². The van der Waals surface area contributed by atoms with Crippen LogP contribution in [0.15, 0.2) is 18.2 Å². The van der Waals surface area contributed by atoms with E-state index >= 15 is 0 Å². The van der Waals surface area contributed by atoms with Crippen LogP contribution < -0.4 is 10.2 Å². The van der Waals surface area contributed by atoms with E-state index in [1.807, 2.05) is 11.3 Å². The lowest BCUT2D eigenvalue weighted by molar-refractivity contribution is 0.586. The number of rotatable bonds is 1. The average molecular weight is 275 g/mol. The molecule has 0 radical (unpaired) electrons. The molecule has 0 saturated carbocycles. The predicted octanol–water partition coefficient (Wildman–Crippen LogP) is 3.00. The van der Waals surface area contributed by atoms with Crippen molar-refractivity contribution in [1.29, 1.82) is 0 Å². The van der Waals surface area contributed by atoms with Crippen molar-refractivity contribution in [2.75, 3.05) is 31.1 Å². The molecule has 1 fully saturated rings. The van der Waals surface area contributed by atoms with Crippen molar-refractivity contribution >= 4 is 27.2 Å². The van der Waals surface area contributed by atoms with E-state index in [0.717, 1.165) is 31.7 Å².